The second-order valence-electron chi connectivity index (χ2n) is 7.97. The predicted octanol–water partition coefficient (Wildman–Crippen LogP) is 7.33. The zero-order valence-corrected chi connectivity index (χ0v) is 21.2. The summed E-state index contributed by atoms with van der Waals surface area (Å²) in [5.41, 5.74) is 2.31. The average molecular weight is 515 g/mol. The Kier molecular flexibility index (Phi) is 8.87. The van der Waals surface area contributed by atoms with Crippen molar-refractivity contribution in [3.05, 3.63) is 167 Å². The Hall–Kier alpha value is -3.22. The summed E-state index contributed by atoms with van der Waals surface area (Å²) >= 11 is 0. The number of hydrogen-bond donors (Lipinski definition) is 0. The Morgan fingerprint density at radius 1 is 0.743 bits per heavy atom. The summed E-state index contributed by atoms with van der Waals surface area (Å²) in [6.45, 7) is 0.596. The van der Waals surface area contributed by atoms with Gasteiger partial charge in [0.15, 0.2) is 0 Å². The molecule has 0 aromatic heterocycles. The largest absolute Gasteiger partial charge is 2.00 e. The summed E-state index contributed by atoms with van der Waals surface area (Å²) in [6.07, 6.45) is 6.49. The van der Waals surface area contributed by atoms with Crippen LogP contribution in [0.2, 0.25) is 0 Å². The number of ether oxygens (including phenoxy) is 1. The first-order valence-corrected chi connectivity index (χ1v) is 12.8. The molecule has 0 saturated carbocycles. The maximum atomic E-state index is 6.09. The number of benzene rings is 3. The van der Waals surface area contributed by atoms with E-state index >= 15 is 0 Å². The van der Waals surface area contributed by atoms with Gasteiger partial charge in [0, 0.05) is 11.5 Å². The molecule has 1 atom stereocenters. The molecule has 4 aromatic carbocycles. The molecule has 2 aliphatic rings. The summed E-state index contributed by atoms with van der Waals surface area (Å²) in [5.74, 6) is 0.762. The normalized spacial score (nSPS) is 18.1. The minimum atomic E-state index is -0.675. The molecule has 0 radical (unpaired) electrons. The van der Waals surface area contributed by atoms with Crippen molar-refractivity contribution in [3.8, 4) is 0 Å². The first kappa shape index (κ1) is 24.9. The number of allylic oxidation sites excluding steroid dienone is 5. The van der Waals surface area contributed by atoms with Gasteiger partial charge < -0.3 is 10.1 Å². The maximum absolute atomic E-state index is 6.09. The summed E-state index contributed by atoms with van der Waals surface area (Å²) in [5, 5.41) is 8.90. The SMILES string of the molecule is C1=CC(=C2[N-][C@@H](c3ccccc3)CO2)C(P(c2ccccc2)c2ccccc2)=C1.[Fe+2].c1cc[cH-]c1. The molecule has 0 bridgehead atoms. The van der Waals surface area contributed by atoms with Crippen LogP contribution in [0.15, 0.2) is 156 Å². The van der Waals surface area contributed by atoms with Crippen LogP contribution in [-0.4, -0.2) is 6.61 Å². The van der Waals surface area contributed by atoms with Gasteiger partial charge in [0.1, 0.15) is 0 Å². The molecule has 0 spiro atoms. The third-order valence-electron chi connectivity index (χ3n) is 5.68. The molecule has 1 fully saturated rings. The van der Waals surface area contributed by atoms with E-state index in [2.05, 4.69) is 103 Å². The zero-order valence-electron chi connectivity index (χ0n) is 19.2. The van der Waals surface area contributed by atoms with E-state index in [0.717, 1.165) is 11.5 Å². The molecule has 4 aromatic rings. The van der Waals surface area contributed by atoms with Gasteiger partial charge in [-0.15, -0.1) is 0 Å². The Labute approximate surface area is 219 Å². The van der Waals surface area contributed by atoms with Crippen molar-refractivity contribution in [1.29, 1.82) is 0 Å². The van der Waals surface area contributed by atoms with Crippen LogP contribution in [0, 0.1) is 0 Å². The molecular formula is C31H26FeNOP. The number of nitrogens with zero attached hydrogens (tertiary/aromatic N) is 1. The van der Waals surface area contributed by atoms with Crippen LogP contribution >= 0.6 is 7.92 Å². The van der Waals surface area contributed by atoms with Gasteiger partial charge in [-0.1, -0.05) is 121 Å². The fraction of sp³-hybridized carbons (Fsp3) is 0.0645. The number of hydrogen-bond acceptors (Lipinski definition) is 1. The van der Waals surface area contributed by atoms with Crippen LogP contribution in [0.5, 0.6) is 0 Å². The van der Waals surface area contributed by atoms with Crippen molar-refractivity contribution in [2.45, 2.75) is 6.04 Å². The second-order valence-corrected chi connectivity index (χ2v) is 10.2. The summed E-state index contributed by atoms with van der Waals surface area (Å²) in [6, 6.07) is 41.9. The molecule has 0 unspecified atom stereocenters. The summed E-state index contributed by atoms with van der Waals surface area (Å²) < 4.78 is 6.09. The van der Waals surface area contributed by atoms with Crippen LogP contribution in [0.25, 0.3) is 5.32 Å². The maximum Gasteiger partial charge on any atom is 2.00 e. The van der Waals surface area contributed by atoms with Crippen LogP contribution in [0.3, 0.4) is 0 Å². The van der Waals surface area contributed by atoms with Crippen LogP contribution in [0.1, 0.15) is 11.6 Å². The van der Waals surface area contributed by atoms with E-state index in [9.17, 15) is 0 Å². The number of rotatable bonds is 4. The molecule has 35 heavy (non-hydrogen) atoms. The first-order valence-electron chi connectivity index (χ1n) is 11.5. The van der Waals surface area contributed by atoms with Crippen molar-refractivity contribution in [1.82, 2.24) is 0 Å². The average Bonchev–Trinajstić information content (AvgIpc) is 3.70. The van der Waals surface area contributed by atoms with E-state index < -0.39 is 7.92 Å². The van der Waals surface area contributed by atoms with E-state index in [1.165, 1.54) is 21.5 Å². The molecule has 4 heteroatoms. The van der Waals surface area contributed by atoms with Gasteiger partial charge in [0.2, 0.25) is 0 Å². The van der Waals surface area contributed by atoms with Crippen molar-refractivity contribution in [3.63, 3.8) is 0 Å². The van der Waals surface area contributed by atoms with Gasteiger partial charge >= 0.3 is 17.1 Å². The molecule has 1 heterocycles. The van der Waals surface area contributed by atoms with Gasteiger partial charge in [-0.25, -0.2) is 12.1 Å². The van der Waals surface area contributed by atoms with Crippen molar-refractivity contribution < 1.29 is 21.8 Å². The van der Waals surface area contributed by atoms with Crippen LogP contribution < -0.4 is 10.6 Å². The van der Waals surface area contributed by atoms with Gasteiger partial charge in [-0.05, 0) is 23.8 Å². The second kappa shape index (κ2) is 12.5. The predicted molar refractivity (Wildman–Crippen MR) is 144 cm³/mol. The topological polar surface area (TPSA) is 23.3 Å². The molecule has 2 nitrogen and oxygen atoms in total. The van der Waals surface area contributed by atoms with Crippen LogP contribution in [-0.2, 0) is 21.8 Å². The fourth-order valence-corrected chi connectivity index (χ4v) is 6.50. The Morgan fingerprint density at radius 3 is 1.86 bits per heavy atom. The molecule has 0 amide bonds. The Bertz CT molecular complexity index is 1210. The van der Waals surface area contributed by atoms with Crippen molar-refractivity contribution in [2.75, 3.05) is 6.61 Å². The molecule has 1 aliphatic carbocycles. The molecular weight excluding hydrogens is 489 g/mol. The molecule has 1 aliphatic heterocycles. The summed E-state index contributed by atoms with van der Waals surface area (Å²) in [7, 11) is -0.675. The zero-order chi connectivity index (χ0) is 23.0. The van der Waals surface area contributed by atoms with E-state index in [-0.39, 0.29) is 23.1 Å². The summed E-state index contributed by atoms with van der Waals surface area (Å²) in [4.78, 5) is 0. The smallest absolute Gasteiger partial charge is 0.644 e. The van der Waals surface area contributed by atoms with Crippen molar-refractivity contribution >= 4 is 18.5 Å². The van der Waals surface area contributed by atoms with E-state index in [1.807, 2.05) is 36.4 Å². The monoisotopic (exact) mass is 515 g/mol. The van der Waals surface area contributed by atoms with Crippen LogP contribution in [0.4, 0.5) is 0 Å². The van der Waals surface area contributed by atoms with E-state index in [0.29, 0.717) is 6.61 Å². The molecule has 1 saturated heterocycles. The fourth-order valence-electron chi connectivity index (χ4n) is 4.06. The standard InChI is InChI=1S/C26H21NOP.C5H5.Fe/c1-4-11-20(12-5-1)24-19-28-26(27-24)23-17-10-18-25(23)29(21-13-6-2-7-14-21)22-15-8-3-9-16-22;1-2-4-5-3-1;/h1-18,24H,19H2;1-5H;/q2*-1;+2/t24-;;/m1../s1. The Morgan fingerprint density at radius 2 is 1.31 bits per heavy atom. The molecule has 6 rings (SSSR count). The van der Waals surface area contributed by atoms with Crippen molar-refractivity contribution in [2.24, 2.45) is 0 Å². The molecule has 0 N–H and O–H groups in total. The first-order chi connectivity index (χ1) is 16.9. The van der Waals surface area contributed by atoms with E-state index in [4.69, 9.17) is 10.1 Å². The van der Waals surface area contributed by atoms with E-state index in [1.54, 1.807) is 0 Å². The molecule has 174 valence electrons. The third-order valence-corrected chi connectivity index (χ3v) is 8.18. The minimum absolute atomic E-state index is 0. The van der Waals surface area contributed by atoms with Gasteiger partial charge in [0.25, 0.3) is 0 Å². The third kappa shape index (κ3) is 6.08. The van der Waals surface area contributed by atoms with Gasteiger partial charge in [-0.3, -0.25) is 0 Å². The van der Waals surface area contributed by atoms with Gasteiger partial charge in [0.05, 0.1) is 6.61 Å². The Balaban J connectivity index is 0.000000431. The quantitative estimate of drug-likeness (QED) is 0.159. The van der Waals surface area contributed by atoms with Gasteiger partial charge in [-0.2, -0.15) is 18.2 Å². The minimum Gasteiger partial charge on any atom is -0.644 e.